The van der Waals surface area contributed by atoms with Crippen molar-refractivity contribution >= 4 is 38.4 Å². The Labute approximate surface area is 144 Å². The molecule has 132 valence electrons. The second-order valence-corrected chi connectivity index (χ2v) is 9.00. The first-order chi connectivity index (χ1) is 11.3. The van der Waals surface area contributed by atoms with Gasteiger partial charge in [-0.2, -0.15) is 0 Å². The molecule has 0 spiro atoms. The molecule has 2 aliphatic rings. The van der Waals surface area contributed by atoms with Crippen LogP contribution in [0.2, 0.25) is 0 Å². The van der Waals surface area contributed by atoms with Crippen LogP contribution in [0, 0.1) is 5.92 Å². The molecule has 2 heterocycles. The molecule has 1 atom stereocenters. The Morgan fingerprint density at radius 2 is 2.12 bits per heavy atom. The van der Waals surface area contributed by atoms with E-state index < -0.39 is 10.0 Å². The van der Waals surface area contributed by atoms with Gasteiger partial charge in [-0.3, -0.25) is 9.59 Å². The molecule has 1 aliphatic heterocycles. The molecule has 1 unspecified atom stereocenters. The van der Waals surface area contributed by atoms with E-state index in [9.17, 15) is 18.0 Å². The molecule has 1 aliphatic carbocycles. The maximum absolute atomic E-state index is 12.2. The van der Waals surface area contributed by atoms with E-state index in [2.05, 4.69) is 10.3 Å². The van der Waals surface area contributed by atoms with Crippen LogP contribution in [0.3, 0.4) is 0 Å². The van der Waals surface area contributed by atoms with E-state index in [4.69, 9.17) is 4.74 Å². The molecular formula is C14H19N3O5S2. The topological polar surface area (TPSA) is 106 Å². The van der Waals surface area contributed by atoms with Crippen molar-refractivity contribution < 1.29 is 22.7 Å². The van der Waals surface area contributed by atoms with Gasteiger partial charge in [0.15, 0.2) is 5.13 Å². The minimum Gasteiger partial charge on any atom is -0.465 e. The van der Waals surface area contributed by atoms with E-state index in [0.717, 1.165) is 17.6 Å². The molecule has 0 saturated carbocycles. The fourth-order valence-corrected chi connectivity index (χ4v) is 4.78. The maximum atomic E-state index is 12.2. The zero-order valence-electron chi connectivity index (χ0n) is 13.4. The first-order valence-electron chi connectivity index (χ1n) is 7.71. The van der Waals surface area contributed by atoms with Gasteiger partial charge in [0, 0.05) is 18.0 Å². The Balaban J connectivity index is 1.61. The molecule has 8 nitrogen and oxygen atoms in total. The Bertz CT molecular complexity index is 767. The SMILES string of the molecule is CCOC(=O)C1CCc2sc(NC(=O)C3CN(S(C)(=O)=O)C3)nc21. The lowest BCUT2D eigenvalue weighted by atomic mass is 10.0. The average Bonchev–Trinajstić information content (AvgIpc) is 2.94. The molecule has 1 N–H and O–H groups in total. The highest BCUT2D eigenvalue weighted by molar-refractivity contribution is 7.88. The Hall–Kier alpha value is -1.52. The number of nitrogens with zero attached hydrogens (tertiary/aromatic N) is 2. The van der Waals surface area contributed by atoms with Gasteiger partial charge in [0.2, 0.25) is 15.9 Å². The first-order valence-corrected chi connectivity index (χ1v) is 10.4. The molecule has 10 heteroatoms. The fourth-order valence-electron chi connectivity index (χ4n) is 2.84. The number of sulfonamides is 1. The van der Waals surface area contributed by atoms with Crippen molar-refractivity contribution in [3.63, 3.8) is 0 Å². The molecule has 1 amide bonds. The summed E-state index contributed by atoms with van der Waals surface area (Å²) in [4.78, 5) is 29.5. The highest BCUT2D eigenvalue weighted by Crippen LogP contribution is 2.39. The Morgan fingerprint density at radius 1 is 1.42 bits per heavy atom. The van der Waals surface area contributed by atoms with E-state index in [1.54, 1.807) is 6.92 Å². The molecular weight excluding hydrogens is 354 g/mol. The number of thiazole rings is 1. The number of carbonyl (C=O) groups is 2. The third kappa shape index (κ3) is 3.31. The third-order valence-electron chi connectivity index (χ3n) is 4.21. The van der Waals surface area contributed by atoms with Crippen LogP contribution in [-0.4, -0.2) is 55.5 Å². The number of carbonyl (C=O) groups excluding carboxylic acids is 2. The van der Waals surface area contributed by atoms with Crippen molar-refractivity contribution in [3.8, 4) is 0 Å². The number of hydrogen-bond donors (Lipinski definition) is 1. The maximum Gasteiger partial charge on any atom is 0.315 e. The second-order valence-electron chi connectivity index (χ2n) is 5.94. The zero-order valence-corrected chi connectivity index (χ0v) is 15.1. The lowest BCUT2D eigenvalue weighted by molar-refractivity contribution is -0.145. The number of amides is 1. The van der Waals surface area contributed by atoms with Gasteiger partial charge in [-0.1, -0.05) is 0 Å². The van der Waals surface area contributed by atoms with Crippen LogP contribution in [0.1, 0.15) is 29.8 Å². The molecule has 0 radical (unpaired) electrons. The monoisotopic (exact) mass is 373 g/mol. The fraction of sp³-hybridized carbons (Fsp3) is 0.643. The van der Waals surface area contributed by atoms with Crippen molar-refractivity contribution in [1.29, 1.82) is 0 Å². The summed E-state index contributed by atoms with van der Waals surface area (Å²) in [5, 5.41) is 3.19. The number of esters is 1. The van der Waals surface area contributed by atoms with E-state index in [-0.39, 0.29) is 36.8 Å². The van der Waals surface area contributed by atoms with Crippen LogP contribution in [0.4, 0.5) is 5.13 Å². The van der Waals surface area contributed by atoms with Gasteiger partial charge in [0.05, 0.1) is 24.5 Å². The summed E-state index contributed by atoms with van der Waals surface area (Å²) in [6.45, 7) is 2.48. The second kappa shape index (κ2) is 6.41. The smallest absolute Gasteiger partial charge is 0.315 e. The molecule has 3 rings (SSSR count). The number of aromatic nitrogens is 1. The van der Waals surface area contributed by atoms with Crippen molar-refractivity contribution in [1.82, 2.24) is 9.29 Å². The van der Waals surface area contributed by atoms with Gasteiger partial charge in [-0.25, -0.2) is 17.7 Å². The molecule has 0 bridgehead atoms. The van der Waals surface area contributed by atoms with Gasteiger partial charge in [0.25, 0.3) is 0 Å². The van der Waals surface area contributed by atoms with Gasteiger partial charge < -0.3 is 10.1 Å². The highest BCUT2D eigenvalue weighted by Gasteiger charge is 2.39. The summed E-state index contributed by atoms with van der Waals surface area (Å²) in [5.41, 5.74) is 0.695. The molecule has 1 saturated heterocycles. The van der Waals surface area contributed by atoms with Crippen molar-refractivity contribution in [2.45, 2.75) is 25.7 Å². The molecule has 1 fully saturated rings. The first kappa shape index (κ1) is 17.3. The third-order valence-corrected chi connectivity index (χ3v) is 6.49. The standard InChI is InChI=1S/C14H19N3O5S2/c1-3-22-13(19)9-4-5-10-11(9)15-14(23-10)16-12(18)8-6-17(7-8)24(2,20)21/h8-9H,3-7H2,1-2H3,(H,15,16,18). The van der Waals surface area contributed by atoms with Gasteiger partial charge >= 0.3 is 5.97 Å². The molecule has 1 aromatic rings. The van der Waals surface area contributed by atoms with Gasteiger partial charge in [-0.15, -0.1) is 11.3 Å². The number of fused-ring (bicyclic) bond motifs is 1. The molecule has 24 heavy (non-hydrogen) atoms. The zero-order chi connectivity index (χ0) is 17.5. The Kier molecular flexibility index (Phi) is 4.63. The van der Waals surface area contributed by atoms with E-state index in [1.807, 2.05) is 0 Å². The Morgan fingerprint density at radius 3 is 2.75 bits per heavy atom. The number of ether oxygens (including phenoxy) is 1. The number of rotatable bonds is 5. The van der Waals surface area contributed by atoms with Crippen LogP contribution >= 0.6 is 11.3 Å². The van der Waals surface area contributed by atoms with Gasteiger partial charge in [0.1, 0.15) is 5.92 Å². The summed E-state index contributed by atoms with van der Waals surface area (Å²) in [7, 11) is -3.24. The summed E-state index contributed by atoms with van der Waals surface area (Å²) >= 11 is 1.37. The van der Waals surface area contributed by atoms with Crippen molar-refractivity contribution in [3.05, 3.63) is 10.6 Å². The van der Waals surface area contributed by atoms with Crippen LogP contribution in [-0.2, 0) is 30.8 Å². The van der Waals surface area contributed by atoms with Gasteiger partial charge in [-0.05, 0) is 19.8 Å². The van der Waals surface area contributed by atoms with Crippen LogP contribution in [0.15, 0.2) is 0 Å². The van der Waals surface area contributed by atoms with Crippen molar-refractivity contribution in [2.75, 3.05) is 31.3 Å². The predicted octanol–water partition coefficient (Wildman–Crippen LogP) is 0.566. The number of aryl methyl sites for hydroxylation is 1. The largest absolute Gasteiger partial charge is 0.465 e. The van der Waals surface area contributed by atoms with E-state index >= 15 is 0 Å². The number of anilines is 1. The van der Waals surface area contributed by atoms with Crippen LogP contribution in [0.5, 0.6) is 0 Å². The minimum atomic E-state index is -3.24. The lowest BCUT2D eigenvalue weighted by Gasteiger charge is -2.35. The number of nitrogens with one attached hydrogen (secondary N) is 1. The normalized spacial score (nSPS) is 21.2. The van der Waals surface area contributed by atoms with Crippen molar-refractivity contribution in [2.24, 2.45) is 5.92 Å². The molecule has 1 aromatic heterocycles. The summed E-state index contributed by atoms with van der Waals surface area (Å²) in [6.07, 6.45) is 2.56. The van der Waals surface area contributed by atoms with Crippen LogP contribution < -0.4 is 5.32 Å². The van der Waals surface area contributed by atoms with E-state index in [0.29, 0.717) is 23.9 Å². The predicted molar refractivity (Wildman–Crippen MR) is 88.3 cm³/mol. The highest BCUT2D eigenvalue weighted by atomic mass is 32.2. The average molecular weight is 373 g/mol. The quantitative estimate of drug-likeness (QED) is 0.756. The summed E-state index contributed by atoms with van der Waals surface area (Å²) in [6, 6.07) is 0. The summed E-state index contributed by atoms with van der Waals surface area (Å²) in [5.74, 6) is -1.23. The lowest BCUT2D eigenvalue weighted by Crippen LogP contribution is -2.53. The van der Waals surface area contributed by atoms with Crippen LogP contribution in [0.25, 0.3) is 0 Å². The number of hydrogen-bond acceptors (Lipinski definition) is 7. The molecule has 0 aromatic carbocycles. The van der Waals surface area contributed by atoms with E-state index in [1.165, 1.54) is 15.6 Å². The summed E-state index contributed by atoms with van der Waals surface area (Å²) < 4.78 is 29.0. The minimum absolute atomic E-state index is 0.196.